The fourth-order valence-electron chi connectivity index (χ4n) is 3.25. The Bertz CT molecular complexity index is 577. The molecule has 1 fully saturated rings. The molecule has 0 aromatic heterocycles. The number of carbonyl (C=O) groups excluding carboxylic acids is 1. The van der Waals surface area contributed by atoms with Crippen LogP contribution in [0.25, 0.3) is 0 Å². The second-order valence-electron chi connectivity index (χ2n) is 6.10. The summed E-state index contributed by atoms with van der Waals surface area (Å²) in [5.41, 5.74) is 0.293. The molecule has 112 valence electrons. The normalized spacial score (nSPS) is 23.3. The highest BCUT2D eigenvalue weighted by Crippen LogP contribution is 2.42. The first-order chi connectivity index (χ1) is 10.0. The molecule has 1 aromatic carbocycles. The van der Waals surface area contributed by atoms with Crippen LogP contribution in [0.1, 0.15) is 32.6 Å². The van der Waals surface area contributed by atoms with E-state index in [0.717, 1.165) is 25.7 Å². The van der Waals surface area contributed by atoms with Crippen LogP contribution in [-0.2, 0) is 9.59 Å². The van der Waals surface area contributed by atoms with Crippen LogP contribution in [0.4, 0.5) is 5.69 Å². The van der Waals surface area contributed by atoms with Gasteiger partial charge in [0.15, 0.2) is 0 Å². The summed E-state index contributed by atoms with van der Waals surface area (Å²) in [6, 6.07) is 7.13. The summed E-state index contributed by atoms with van der Waals surface area (Å²) in [5, 5.41) is 9.23. The van der Waals surface area contributed by atoms with Crippen LogP contribution in [0, 0.1) is 5.41 Å². The molecule has 1 amide bonds. The van der Waals surface area contributed by atoms with Crippen molar-refractivity contribution >= 4 is 17.6 Å². The maximum absolute atomic E-state index is 12.9. The Labute approximate surface area is 123 Å². The van der Waals surface area contributed by atoms with Crippen molar-refractivity contribution in [1.82, 2.24) is 0 Å². The van der Waals surface area contributed by atoms with Gasteiger partial charge in [-0.3, -0.25) is 4.79 Å². The molecule has 0 radical (unpaired) electrons. The predicted molar refractivity (Wildman–Crippen MR) is 77.4 cm³/mol. The summed E-state index contributed by atoms with van der Waals surface area (Å²) in [6.07, 6.45) is 2.83. The lowest BCUT2D eigenvalue weighted by molar-refractivity contribution is -0.145. The SMILES string of the molecule is CC1(C(=O)N2CC(C(=O)O)Oc3ccccc32)CCCC1. The number of carbonyl (C=O) groups is 2. The first-order valence-corrected chi connectivity index (χ1v) is 7.32. The van der Waals surface area contributed by atoms with E-state index in [0.29, 0.717) is 11.4 Å². The number of aliphatic carboxylic acids is 1. The van der Waals surface area contributed by atoms with E-state index in [1.54, 1.807) is 17.0 Å². The standard InChI is InChI=1S/C16H19NO4/c1-16(8-4-5-9-16)15(20)17-10-13(14(18)19)21-12-7-3-2-6-11(12)17/h2-3,6-7,13H,4-5,8-10H2,1H3,(H,18,19). The van der Waals surface area contributed by atoms with E-state index in [2.05, 4.69) is 0 Å². The number of amides is 1. The van der Waals surface area contributed by atoms with E-state index in [1.807, 2.05) is 19.1 Å². The van der Waals surface area contributed by atoms with Crippen molar-refractivity contribution < 1.29 is 19.4 Å². The van der Waals surface area contributed by atoms with Gasteiger partial charge in [-0.05, 0) is 25.0 Å². The minimum absolute atomic E-state index is 0.0157. The highest BCUT2D eigenvalue weighted by atomic mass is 16.5. The fraction of sp³-hybridized carbons (Fsp3) is 0.500. The molecule has 0 saturated heterocycles. The van der Waals surface area contributed by atoms with E-state index in [9.17, 15) is 14.7 Å². The number of nitrogens with zero attached hydrogens (tertiary/aromatic N) is 1. The third kappa shape index (κ3) is 2.37. The number of ether oxygens (including phenoxy) is 1. The zero-order valence-corrected chi connectivity index (χ0v) is 12.0. The Hall–Kier alpha value is -2.04. The molecule has 1 aromatic rings. The maximum atomic E-state index is 12.9. The van der Waals surface area contributed by atoms with E-state index in [1.165, 1.54) is 0 Å². The third-order valence-corrected chi connectivity index (χ3v) is 4.52. The minimum atomic E-state index is -1.04. The van der Waals surface area contributed by atoms with Gasteiger partial charge in [0, 0.05) is 5.41 Å². The highest BCUT2D eigenvalue weighted by molar-refractivity contribution is 6.00. The van der Waals surface area contributed by atoms with Crippen molar-refractivity contribution in [2.75, 3.05) is 11.4 Å². The van der Waals surface area contributed by atoms with Gasteiger partial charge >= 0.3 is 5.97 Å². The summed E-state index contributed by atoms with van der Waals surface area (Å²) < 4.78 is 5.48. The average Bonchev–Trinajstić information content (AvgIpc) is 2.93. The van der Waals surface area contributed by atoms with Gasteiger partial charge < -0.3 is 14.7 Å². The topological polar surface area (TPSA) is 66.8 Å². The summed E-state index contributed by atoms with van der Waals surface area (Å²) in [7, 11) is 0. The summed E-state index contributed by atoms with van der Waals surface area (Å²) in [6.45, 7) is 2.05. The summed E-state index contributed by atoms with van der Waals surface area (Å²) in [4.78, 5) is 25.8. The number of fused-ring (bicyclic) bond motifs is 1. The third-order valence-electron chi connectivity index (χ3n) is 4.52. The number of hydrogen-bond donors (Lipinski definition) is 1. The van der Waals surface area contributed by atoms with Gasteiger partial charge in [0.1, 0.15) is 5.75 Å². The average molecular weight is 289 g/mol. The first kappa shape index (κ1) is 13.9. The molecular formula is C16H19NO4. The maximum Gasteiger partial charge on any atom is 0.346 e. The van der Waals surface area contributed by atoms with Crippen molar-refractivity contribution in [2.45, 2.75) is 38.7 Å². The van der Waals surface area contributed by atoms with Gasteiger partial charge in [-0.25, -0.2) is 4.79 Å². The molecule has 5 nitrogen and oxygen atoms in total. The van der Waals surface area contributed by atoms with Gasteiger partial charge in [-0.1, -0.05) is 31.9 Å². The minimum Gasteiger partial charge on any atom is -0.478 e. The Kier molecular flexibility index (Phi) is 3.35. The van der Waals surface area contributed by atoms with Crippen LogP contribution >= 0.6 is 0 Å². The van der Waals surface area contributed by atoms with E-state index >= 15 is 0 Å². The molecule has 21 heavy (non-hydrogen) atoms. The quantitative estimate of drug-likeness (QED) is 0.908. The summed E-state index contributed by atoms with van der Waals surface area (Å²) in [5.74, 6) is -0.563. The van der Waals surface area contributed by atoms with Crippen molar-refractivity contribution in [1.29, 1.82) is 0 Å². The first-order valence-electron chi connectivity index (χ1n) is 7.32. The van der Waals surface area contributed by atoms with Crippen LogP contribution in [0.5, 0.6) is 5.75 Å². The van der Waals surface area contributed by atoms with E-state index in [-0.39, 0.29) is 17.9 Å². The number of carboxylic acids is 1. The fourth-order valence-corrected chi connectivity index (χ4v) is 3.25. The second-order valence-corrected chi connectivity index (χ2v) is 6.10. The van der Waals surface area contributed by atoms with Crippen LogP contribution < -0.4 is 9.64 Å². The zero-order chi connectivity index (χ0) is 15.0. The van der Waals surface area contributed by atoms with Crippen molar-refractivity contribution in [3.63, 3.8) is 0 Å². The predicted octanol–water partition coefficient (Wildman–Crippen LogP) is 2.45. The van der Waals surface area contributed by atoms with Gasteiger partial charge in [-0.2, -0.15) is 0 Å². The zero-order valence-electron chi connectivity index (χ0n) is 12.0. The molecule has 0 spiro atoms. The summed E-state index contributed by atoms with van der Waals surface area (Å²) >= 11 is 0. The molecule has 1 atom stereocenters. The Balaban J connectivity index is 1.96. The molecule has 5 heteroatoms. The van der Waals surface area contributed by atoms with Crippen LogP contribution in [-0.4, -0.2) is 29.6 Å². The lowest BCUT2D eigenvalue weighted by Gasteiger charge is -2.37. The number of anilines is 1. The smallest absolute Gasteiger partial charge is 0.346 e. The molecule has 1 unspecified atom stereocenters. The molecular weight excluding hydrogens is 270 g/mol. The molecule has 1 heterocycles. The molecule has 1 aliphatic heterocycles. The van der Waals surface area contributed by atoms with E-state index < -0.39 is 12.1 Å². The van der Waals surface area contributed by atoms with Crippen molar-refractivity contribution in [2.24, 2.45) is 5.41 Å². The number of carboxylic acid groups (broad SMARTS) is 1. The number of benzene rings is 1. The Morgan fingerprint density at radius 2 is 1.95 bits per heavy atom. The molecule has 1 N–H and O–H groups in total. The number of para-hydroxylation sites is 2. The van der Waals surface area contributed by atoms with E-state index in [4.69, 9.17) is 4.74 Å². The number of hydrogen-bond acceptors (Lipinski definition) is 3. The molecule has 3 rings (SSSR count). The number of rotatable bonds is 2. The second kappa shape index (κ2) is 5.06. The van der Waals surface area contributed by atoms with Gasteiger partial charge in [0.25, 0.3) is 0 Å². The van der Waals surface area contributed by atoms with Crippen LogP contribution in [0.3, 0.4) is 0 Å². The monoisotopic (exact) mass is 289 g/mol. The van der Waals surface area contributed by atoms with Gasteiger partial charge in [0.05, 0.1) is 12.2 Å². The Morgan fingerprint density at radius 3 is 2.62 bits per heavy atom. The lowest BCUT2D eigenvalue weighted by Crippen LogP contribution is -2.51. The largest absolute Gasteiger partial charge is 0.478 e. The lowest BCUT2D eigenvalue weighted by atomic mass is 9.86. The Morgan fingerprint density at radius 1 is 1.29 bits per heavy atom. The van der Waals surface area contributed by atoms with Crippen LogP contribution in [0.2, 0.25) is 0 Å². The molecule has 0 bridgehead atoms. The van der Waals surface area contributed by atoms with Gasteiger partial charge in [-0.15, -0.1) is 0 Å². The molecule has 1 aliphatic carbocycles. The van der Waals surface area contributed by atoms with Gasteiger partial charge in [0.2, 0.25) is 12.0 Å². The molecule has 2 aliphatic rings. The van der Waals surface area contributed by atoms with Crippen LogP contribution in [0.15, 0.2) is 24.3 Å². The van der Waals surface area contributed by atoms with Crippen molar-refractivity contribution in [3.05, 3.63) is 24.3 Å². The highest BCUT2D eigenvalue weighted by Gasteiger charge is 2.43. The van der Waals surface area contributed by atoms with Crippen molar-refractivity contribution in [3.8, 4) is 5.75 Å². The molecule has 1 saturated carbocycles.